The van der Waals surface area contributed by atoms with Crippen LogP contribution in [0.3, 0.4) is 0 Å². The summed E-state index contributed by atoms with van der Waals surface area (Å²) in [6.07, 6.45) is 15.7. The van der Waals surface area contributed by atoms with E-state index in [1.165, 1.54) is 5.57 Å². The van der Waals surface area contributed by atoms with Gasteiger partial charge >= 0.3 is 0 Å². The Morgan fingerprint density at radius 1 is 1.43 bits per heavy atom. The van der Waals surface area contributed by atoms with Gasteiger partial charge in [0.2, 0.25) is 0 Å². The van der Waals surface area contributed by atoms with E-state index in [0.717, 1.165) is 23.3 Å². The molecule has 0 aromatic heterocycles. The molecule has 0 saturated heterocycles. The lowest BCUT2D eigenvalue weighted by atomic mass is 9.94. The fourth-order valence-corrected chi connectivity index (χ4v) is 2.24. The lowest BCUT2D eigenvalue weighted by Gasteiger charge is -2.17. The minimum absolute atomic E-state index is 0.354. The van der Waals surface area contributed by atoms with Crippen molar-refractivity contribution in [2.24, 2.45) is 5.92 Å². The summed E-state index contributed by atoms with van der Waals surface area (Å²) in [7, 11) is 3.37. The summed E-state index contributed by atoms with van der Waals surface area (Å²) in [5.74, 6) is 1.17. The highest BCUT2D eigenvalue weighted by atomic mass is 16.5. The Hall–Kier alpha value is -1.80. The summed E-state index contributed by atoms with van der Waals surface area (Å²) in [6, 6.07) is 0. The Kier molecular flexibility index (Phi) is 7.55. The van der Waals surface area contributed by atoms with Crippen LogP contribution < -0.4 is 0 Å². The van der Waals surface area contributed by atoms with Crippen molar-refractivity contribution >= 4 is 0 Å². The molecule has 0 N–H and O–H groups in total. The zero-order chi connectivity index (χ0) is 15.7. The number of methoxy groups -OCH3 is 2. The average Bonchev–Trinajstić information content (AvgIpc) is 2.48. The molecule has 1 aliphatic rings. The molecule has 0 amide bonds. The molecule has 2 heteroatoms. The molecular weight excluding hydrogens is 260 g/mol. The third-order valence-corrected chi connectivity index (χ3v) is 3.33. The van der Waals surface area contributed by atoms with Crippen molar-refractivity contribution in [3.05, 3.63) is 71.6 Å². The molecule has 0 radical (unpaired) electrons. The number of allylic oxidation sites excluding steroid dienone is 9. The second-order valence-electron chi connectivity index (χ2n) is 5.08. The van der Waals surface area contributed by atoms with Crippen LogP contribution >= 0.6 is 0 Å². The van der Waals surface area contributed by atoms with Crippen molar-refractivity contribution in [3.8, 4) is 0 Å². The smallest absolute Gasteiger partial charge is 0.122 e. The van der Waals surface area contributed by atoms with Gasteiger partial charge in [-0.25, -0.2) is 0 Å². The number of hydrogen-bond acceptors (Lipinski definition) is 2. The summed E-state index contributed by atoms with van der Waals surface area (Å²) in [6.45, 7) is 8.78. The van der Waals surface area contributed by atoms with Crippen molar-refractivity contribution in [1.82, 2.24) is 0 Å². The van der Waals surface area contributed by atoms with E-state index in [2.05, 4.69) is 37.8 Å². The van der Waals surface area contributed by atoms with E-state index in [0.29, 0.717) is 12.5 Å². The van der Waals surface area contributed by atoms with Gasteiger partial charge in [-0.15, -0.1) is 0 Å². The highest BCUT2D eigenvalue weighted by Crippen LogP contribution is 2.24. The molecule has 1 rings (SSSR count). The summed E-state index contributed by atoms with van der Waals surface area (Å²) in [4.78, 5) is 0. The first-order valence-corrected chi connectivity index (χ1v) is 7.23. The lowest BCUT2D eigenvalue weighted by molar-refractivity contribution is 0.225. The van der Waals surface area contributed by atoms with Gasteiger partial charge in [-0.1, -0.05) is 48.6 Å². The van der Waals surface area contributed by atoms with Gasteiger partial charge in [-0.05, 0) is 31.9 Å². The van der Waals surface area contributed by atoms with Gasteiger partial charge in [0.15, 0.2) is 0 Å². The minimum Gasteiger partial charge on any atom is -0.496 e. The van der Waals surface area contributed by atoms with Crippen LogP contribution in [0.1, 0.15) is 20.3 Å². The maximum absolute atomic E-state index is 5.55. The maximum Gasteiger partial charge on any atom is 0.122 e. The Balaban J connectivity index is 2.96. The highest BCUT2D eigenvalue weighted by molar-refractivity contribution is 5.44. The van der Waals surface area contributed by atoms with E-state index < -0.39 is 0 Å². The monoisotopic (exact) mass is 286 g/mol. The molecule has 0 aromatic rings. The zero-order valence-corrected chi connectivity index (χ0v) is 13.6. The zero-order valence-electron chi connectivity index (χ0n) is 13.6. The van der Waals surface area contributed by atoms with E-state index in [9.17, 15) is 0 Å². The van der Waals surface area contributed by atoms with Crippen molar-refractivity contribution < 1.29 is 9.47 Å². The molecule has 0 bridgehead atoms. The molecule has 0 fully saturated rings. The van der Waals surface area contributed by atoms with E-state index in [-0.39, 0.29) is 0 Å². The first kappa shape index (κ1) is 17.3. The third kappa shape index (κ3) is 5.60. The Morgan fingerprint density at radius 3 is 2.76 bits per heavy atom. The molecule has 0 aromatic carbocycles. The highest BCUT2D eigenvalue weighted by Gasteiger charge is 2.12. The van der Waals surface area contributed by atoms with Gasteiger partial charge in [0, 0.05) is 18.6 Å². The summed E-state index contributed by atoms with van der Waals surface area (Å²) >= 11 is 0. The van der Waals surface area contributed by atoms with Crippen LogP contribution in [0.2, 0.25) is 0 Å². The van der Waals surface area contributed by atoms with E-state index >= 15 is 0 Å². The van der Waals surface area contributed by atoms with E-state index in [1.807, 2.05) is 25.2 Å². The van der Waals surface area contributed by atoms with Crippen LogP contribution in [-0.2, 0) is 9.47 Å². The Labute approximate surface area is 128 Å². The lowest BCUT2D eigenvalue weighted by Crippen LogP contribution is -2.04. The summed E-state index contributed by atoms with van der Waals surface area (Å²) in [5, 5.41) is 0. The average molecular weight is 286 g/mol. The molecule has 114 valence electrons. The van der Waals surface area contributed by atoms with Crippen LogP contribution in [0.5, 0.6) is 0 Å². The normalized spacial score (nSPS) is 19.8. The van der Waals surface area contributed by atoms with Gasteiger partial charge in [0.05, 0.1) is 13.7 Å². The second-order valence-corrected chi connectivity index (χ2v) is 5.08. The Bertz CT molecular complexity index is 502. The number of rotatable bonds is 7. The van der Waals surface area contributed by atoms with Crippen LogP contribution in [0.25, 0.3) is 0 Å². The molecule has 21 heavy (non-hydrogen) atoms. The van der Waals surface area contributed by atoms with Crippen molar-refractivity contribution in [3.63, 3.8) is 0 Å². The molecule has 0 heterocycles. The third-order valence-electron chi connectivity index (χ3n) is 3.33. The largest absolute Gasteiger partial charge is 0.496 e. The molecular formula is C19H26O2. The Morgan fingerprint density at radius 2 is 2.19 bits per heavy atom. The van der Waals surface area contributed by atoms with E-state index in [4.69, 9.17) is 9.47 Å². The molecule has 0 spiro atoms. The number of hydrogen-bond donors (Lipinski definition) is 0. The van der Waals surface area contributed by atoms with Crippen LogP contribution in [-0.4, -0.2) is 20.8 Å². The molecule has 1 aliphatic carbocycles. The second kappa shape index (κ2) is 9.19. The van der Waals surface area contributed by atoms with E-state index in [1.54, 1.807) is 14.2 Å². The van der Waals surface area contributed by atoms with Gasteiger partial charge in [-0.2, -0.15) is 0 Å². The molecule has 0 aliphatic heterocycles. The predicted molar refractivity (Wildman–Crippen MR) is 90.0 cm³/mol. The van der Waals surface area contributed by atoms with Crippen LogP contribution in [0.4, 0.5) is 0 Å². The fourth-order valence-electron chi connectivity index (χ4n) is 2.24. The molecule has 2 nitrogen and oxygen atoms in total. The maximum atomic E-state index is 5.55. The summed E-state index contributed by atoms with van der Waals surface area (Å²) in [5.41, 5.74) is 3.18. The van der Waals surface area contributed by atoms with Gasteiger partial charge in [0.25, 0.3) is 0 Å². The fraction of sp³-hybridized carbons (Fsp3) is 0.368. The van der Waals surface area contributed by atoms with Crippen LogP contribution in [0, 0.1) is 5.92 Å². The van der Waals surface area contributed by atoms with Crippen molar-refractivity contribution in [2.75, 3.05) is 20.8 Å². The topological polar surface area (TPSA) is 18.5 Å². The predicted octanol–water partition coefficient (Wildman–Crippen LogP) is 4.74. The first-order chi connectivity index (χ1) is 10.1. The standard InChI is InChI=1S/C19H26O2/c1-6-7-11-18(14-20-4)16(3)19(21-5)13-17-10-8-9-15(2)12-17/h6-9,11-13,17H,3,10,14H2,1-2,4-5H3. The molecule has 1 atom stereocenters. The molecule has 0 saturated carbocycles. The van der Waals surface area contributed by atoms with Crippen molar-refractivity contribution in [2.45, 2.75) is 20.3 Å². The van der Waals surface area contributed by atoms with Gasteiger partial charge in [-0.3, -0.25) is 0 Å². The summed E-state index contributed by atoms with van der Waals surface area (Å²) < 4.78 is 10.8. The van der Waals surface area contributed by atoms with Gasteiger partial charge in [0.1, 0.15) is 5.76 Å². The van der Waals surface area contributed by atoms with Crippen LogP contribution in [0.15, 0.2) is 71.6 Å². The molecule has 1 unspecified atom stereocenters. The first-order valence-electron chi connectivity index (χ1n) is 7.23. The SMILES string of the molecule is C=C(C(=CC=CC)COC)C(=CC1C=C(C)C=CC1)OC. The quantitative estimate of drug-likeness (QED) is 0.497. The number of ether oxygens (including phenoxy) is 2. The van der Waals surface area contributed by atoms with Gasteiger partial charge < -0.3 is 9.47 Å². The van der Waals surface area contributed by atoms with Crippen molar-refractivity contribution in [1.29, 1.82) is 0 Å². The minimum atomic E-state index is 0.354.